The summed E-state index contributed by atoms with van der Waals surface area (Å²) in [4.78, 5) is 14.0. The van der Waals surface area contributed by atoms with Gasteiger partial charge in [0.2, 0.25) is 0 Å². The Hall–Kier alpha value is -0.910. The van der Waals surface area contributed by atoms with Crippen molar-refractivity contribution in [2.75, 3.05) is 32.4 Å². The van der Waals surface area contributed by atoms with Crippen molar-refractivity contribution in [3.8, 4) is 0 Å². The molecule has 2 rings (SSSR count). The minimum Gasteiger partial charge on any atom is -0.336 e. The first-order valence-corrected chi connectivity index (χ1v) is 7.60. The molecule has 1 atom stereocenters. The Morgan fingerprint density at radius 3 is 2.50 bits per heavy atom. The Morgan fingerprint density at radius 2 is 1.94 bits per heavy atom. The number of halogens is 1. The molecule has 18 heavy (non-hydrogen) atoms. The lowest BCUT2D eigenvalue weighted by Crippen LogP contribution is -2.48. The summed E-state index contributed by atoms with van der Waals surface area (Å²) in [7, 11) is -0.954. The zero-order valence-electron chi connectivity index (χ0n) is 10.1. The highest BCUT2D eigenvalue weighted by Crippen LogP contribution is 2.14. The first-order chi connectivity index (χ1) is 8.58. The van der Waals surface area contributed by atoms with Gasteiger partial charge < -0.3 is 4.90 Å². The van der Waals surface area contributed by atoms with Crippen molar-refractivity contribution < 1.29 is 9.00 Å². The SMILES string of the molecule is CS(=O)N1CCN(C(=O)c2cccc(Cl)c2)CC1. The molecule has 98 valence electrons. The summed E-state index contributed by atoms with van der Waals surface area (Å²) in [5.74, 6) is -0.0148. The normalized spacial score (nSPS) is 18.7. The van der Waals surface area contributed by atoms with Gasteiger partial charge >= 0.3 is 0 Å². The van der Waals surface area contributed by atoms with Gasteiger partial charge in [0.1, 0.15) is 0 Å². The number of carbonyl (C=O) groups excluding carboxylic acids is 1. The average molecular weight is 287 g/mol. The van der Waals surface area contributed by atoms with Gasteiger partial charge in [-0.3, -0.25) is 4.79 Å². The monoisotopic (exact) mass is 286 g/mol. The van der Waals surface area contributed by atoms with Crippen LogP contribution in [-0.4, -0.2) is 51.8 Å². The van der Waals surface area contributed by atoms with E-state index in [9.17, 15) is 9.00 Å². The van der Waals surface area contributed by atoms with Crippen molar-refractivity contribution in [1.29, 1.82) is 0 Å². The molecule has 1 heterocycles. The Morgan fingerprint density at radius 1 is 1.28 bits per heavy atom. The van der Waals surface area contributed by atoms with E-state index in [0.29, 0.717) is 36.8 Å². The van der Waals surface area contributed by atoms with Crippen LogP contribution < -0.4 is 0 Å². The van der Waals surface area contributed by atoms with Crippen LogP contribution in [0, 0.1) is 0 Å². The predicted octanol–water partition coefficient (Wildman–Crippen LogP) is 1.39. The van der Waals surface area contributed by atoms with Crippen molar-refractivity contribution in [2.24, 2.45) is 0 Å². The number of hydrogen-bond donors (Lipinski definition) is 0. The highest BCUT2D eigenvalue weighted by Gasteiger charge is 2.23. The van der Waals surface area contributed by atoms with E-state index in [-0.39, 0.29) is 5.91 Å². The number of hydrogen-bond acceptors (Lipinski definition) is 2. The van der Waals surface area contributed by atoms with Crippen LogP contribution in [0.3, 0.4) is 0 Å². The maximum atomic E-state index is 12.2. The Kier molecular flexibility index (Phi) is 4.37. The second-order valence-corrected chi connectivity index (χ2v) is 5.96. The van der Waals surface area contributed by atoms with Crippen LogP contribution in [0.4, 0.5) is 0 Å². The van der Waals surface area contributed by atoms with E-state index in [1.807, 2.05) is 4.31 Å². The Bertz CT molecular complexity index is 473. The van der Waals surface area contributed by atoms with E-state index < -0.39 is 11.0 Å². The summed E-state index contributed by atoms with van der Waals surface area (Å²) in [6.45, 7) is 2.50. The van der Waals surface area contributed by atoms with Crippen molar-refractivity contribution >= 4 is 28.5 Å². The third kappa shape index (κ3) is 3.10. The molecule has 1 amide bonds. The molecule has 0 aliphatic carbocycles. The molecule has 1 aliphatic rings. The van der Waals surface area contributed by atoms with Gasteiger partial charge in [-0.1, -0.05) is 17.7 Å². The summed E-state index contributed by atoms with van der Waals surface area (Å²) >= 11 is 5.87. The molecule has 1 aromatic carbocycles. The van der Waals surface area contributed by atoms with E-state index in [2.05, 4.69) is 0 Å². The van der Waals surface area contributed by atoms with Crippen molar-refractivity contribution in [3.63, 3.8) is 0 Å². The molecule has 4 nitrogen and oxygen atoms in total. The maximum absolute atomic E-state index is 12.2. The van der Waals surface area contributed by atoms with Crippen LogP contribution >= 0.6 is 11.6 Å². The molecule has 0 radical (unpaired) electrons. The van der Waals surface area contributed by atoms with Crippen molar-refractivity contribution in [1.82, 2.24) is 9.21 Å². The minimum absolute atomic E-state index is 0.0148. The standard InChI is InChI=1S/C12H15ClN2O2S/c1-18(17)15-7-5-14(6-8-15)12(16)10-3-2-4-11(13)9-10/h2-4,9H,5-8H2,1H3. The number of nitrogens with zero attached hydrogens (tertiary/aromatic N) is 2. The topological polar surface area (TPSA) is 40.6 Å². The summed E-state index contributed by atoms with van der Waals surface area (Å²) in [5, 5.41) is 0.564. The Labute approximate surface area is 114 Å². The van der Waals surface area contributed by atoms with E-state index in [1.54, 1.807) is 35.4 Å². The summed E-state index contributed by atoms with van der Waals surface area (Å²) in [5.41, 5.74) is 0.605. The van der Waals surface area contributed by atoms with Gasteiger partial charge in [-0.05, 0) is 18.2 Å². The molecule has 6 heteroatoms. The minimum atomic E-state index is -0.954. The summed E-state index contributed by atoms with van der Waals surface area (Å²) in [6.07, 6.45) is 1.66. The third-order valence-electron chi connectivity index (χ3n) is 2.96. The molecular weight excluding hydrogens is 272 g/mol. The molecule has 0 aromatic heterocycles. The molecule has 0 N–H and O–H groups in total. The van der Waals surface area contributed by atoms with Crippen molar-refractivity contribution in [2.45, 2.75) is 0 Å². The number of piperazine rings is 1. The van der Waals surface area contributed by atoms with Gasteiger partial charge in [0, 0.05) is 43.0 Å². The second-order valence-electron chi connectivity index (χ2n) is 4.16. The van der Waals surface area contributed by atoms with Gasteiger partial charge in [0.05, 0.1) is 11.0 Å². The predicted molar refractivity (Wildman–Crippen MR) is 73.0 cm³/mol. The van der Waals surface area contributed by atoms with Crippen LogP contribution in [0.1, 0.15) is 10.4 Å². The zero-order valence-corrected chi connectivity index (χ0v) is 11.7. The fourth-order valence-electron chi connectivity index (χ4n) is 1.95. The second kappa shape index (κ2) is 5.82. The largest absolute Gasteiger partial charge is 0.336 e. The molecular formula is C12H15ClN2O2S. The van der Waals surface area contributed by atoms with E-state index in [1.165, 1.54) is 0 Å². The summed E-state index contributed by atoms with van der Waals surface area (Å²) < 4.78 is 13.2. The highest BCUT2D eigenvalue weighted by atomic mass is 35.5. The molecule has 1 aliphatic heterocycles. The average Bonchev–Trinajstić information content (AvgIpc) is 2.38. The molecule has 1 saturated heterocycles. The lowest BCUT2D eigenvalue weighted by Gasteiger charge is -2.33. The molecule has 1 aromatic rings. The fraction of sp³-hybridized carbons (Fsp3) is 0.417. The lowest BCUT2D eigenvalue weighted by molar-refractivity contribution is 0.0701. The highest BCUT2D eigenvalue weighted by molar-refractivity contribution is 7.81. The van der Waals surface area contributed by atoms with Gasteiger partial charge in [0.15, 0.2) is 0 Å². The van der Waals surface area contributed by atoms with E-state index in [0.717, 1.165) is 0 Å². The van der Waals surface area contributed by atoms with Crippen LogP contribution in [0.5, 0.6) is 0 Å². The molecule has 0 spiro atoms. The van der Waals surface area contributed by atoms with Crippen LogP contribution in [0.15, 0.2) is 24.3 Å². The van der Waals surface area contributed by atoms with Crippen LogP contribution in [0.2, 0.25) is 5.02 Å². The van der Waals surface area contributed by atoms with Gasteiger partial charge in [-0.2, -0.15) is 0 Å². The first kappa shape index (κ1) is 13.5. The van der Waals surface area contributed by atoms with Gasteiger partial charge in [-0.15, -0.1) is 0 Å². The fourth-order valence-corrected chi connectivity index (χ4v) is 2.82. The van der Waals surface area contributed by atoms with Crippen molar-refractivity contribution in [3.05, 3.63) is 34.9 Å². The molecule has 0 bridgehead atoms. The number of benzene rings is 1. The first-order valence-electron chi connectivity index (χ1n) is 5.71. The number of rotatable bonds is 2. The maximum Gasteiger partial charge on any atom is 0.253 e. The third-order valence-corrected chi connectivity index (χ3v) is 4.29. The number of carbonyl (C=O) groups is 1. The van der Waals surface area contributed by atoms with E-state index in [4.69, 9.17) is 11.6 Å². The molecule has 1 unspecified atom stereocenters. The molecule has 0 saturated carbocycles. The van der Waals surface area contributed by atoms with Crippen LogP contribution in [-0.2, 0) is 11.0 Å². The van der Waals surface area contributed by atoms with Gasteiger partial charge in [-0.25, -0.2) is 8.51 Å². The lowest BCUT2D eigenvalue weighted by atomic mass is 10.2. The number of amides is 1. The quantitative estimate of drug-likeness (QED) is 0.824. The van der Waals surface area contributed by atoms with Gasteiger partial charge in [0.25, 0.3) is 5.91 Å². The Balaban J connectivity index is 2.02. The molecule has 1 fully saturated rings. The van der Waals surface area contributed by atoms with E-state index >= 15 is 0 Å². The zero-order chi connectivity index (χ0) is 13.1. The smallest absolute Gasteiger partial charge is 0.253 e. The van der Waals surface area contributed by atoms with Crippen LogP contribution in [0.25, 0.3) is 0 Å². The summed E-state index contributed by atoms with van der Waals surface area (Å²) in [6, 6.07) is 6.95.